The van der Waals surface area contributed by atoms with E-state index in [4.69, 9.17) is 10.5 Å². The van der Waals surface area contributed by atoms with E-state index in [2.05, 4.69) is 6.58 Å². The van der Waals surface area contributed by atoms with Crippen LogP contribution < -0.4 is 10.5 Å². The van der Waals surface area contributed by atoms with E-state index >= 15 is 0 Å². The molecule has 0 aliphatic carbocycles. The zero-order valence-electron chi connectivity index (χ0n) is 8.64. The number of nitrogens with two attached hydrogens (primary N) is 1. The molecule has 0 bridgehead atoms. The third-order valence-corrected chi connectivity index (χ3v) is 2.27. The number of rotatable bonds is 2. The molecule has 2 rings (SSSR count). The Labute approximate surface area is 93.1 Å². The maximum absolute atomic E-state index is 11.0. The SMILES string of the molecule is C=CC(=O)Oc1ccc2c(N)cccc2c1. The molecule has 0 atom stereocenters. The normalized spacial score (nSPS) is 10.0. The Balaban J connectivity index is 2.44. The highest BCUT2D eigenvalue weighted by molar-refractivity contribution is 5.94. The van der Waals surface area contributed by atoms with Crippen molar-refractivity contribution in [3.63, 3.8) is 0 Å². The molecule has 0 aliphatic rings. The molecular formula is C13H11NO2. The highest BCUT2D eigenvalue weighted by Gasteiger charge is 2.02. The van der Waals surface area contributed by atoms with Crippen molar-refractivity contribution in [2.24, 2.45) is 0 Å². The number of nitrogen functional groups attached to an aromatic ring is 1. The van der Waals surface area contributed by atoms with Gasteiger partial charge in [-0.1, -0.05) is 18.7 Å². The van der Waals surface area contributed by atoms with Crippen LogP contribution in [-0.4, -0.2) is 5.97 Å². The number of benzene rings is 2. The molecule has 3 heteroatoms. The molecule has 2 N–H and O–H groups in total. The monoisotopic (exact) mass is 213 g/mol. The van der Waals surface area contributed by atoms with Gasteiger partial charge in [-0.05, 0) is 29.7 Å². The lowest BCUT2D eigenvalue weighted by Crippen LogP contribution is -2.02. The molecule has 2 aromatic carbocycles. The molecule has 0 aliphatic heterocycles. The van der Waals surface area contributed by atoms with Crippen LogP contribution in [-0.2, 0) is 4.79 Å². The maximum atomic E-state index is 11.0. The summed E-state index contributed by atoms with van der Waals surface area (Å²) in [6.07, 6.45) is 1.13. The molecule has 0 aromatic heterocycles. The van der Waals surface area contributed by atoms with Crippen LogP contribution in [0.5, 0.6) is 5.75 Å². The minimum absolute atomic E-state index is 0.469. The minimum atomic E-state index is -0.469. The first-order valence-electron chi connectivity index (χ1n) is 4.83. The summed E-state index contributed by atoms with van der Waals surface area (Å²) < 4.78 is 5.01. The van der Waals surface area contributed by atoms with Crippen molar-refractivity contribution in [2.45, 2.75) is 0 Å². The van der Waals surface area contributed by atoms with Gasteiger partial charge in [-0.3, -0.25) is 0 Å². The van der Waals surface area contributed by atoms with E-state index in [1.54, 1.807) is 12.1 Å². The van der Waals surface area contributed by atoms with Gasteiger partial charge in [-0.2, -0.15) is 0 Å². The second kappa shape index (κ2) is 4.06. The number of anilines is 1. The number of esters is 1. The van der Waals surface area contributed by atoms with Gasteiger partial charge in [0.05, 0.1) is 0 Å². The molecule has 0 amide bonds. The summed E-state index contributed by atoms with van der Waals surface area (Å²) in [6.45, 7) is 3.34. The lowest BCUT2D eigenvalue weighted by atomic mass is 10.1. The predicted molar refractivity (Wildman–Crippen MR) is 64.2 cm³/mol. The van der Waals surface area contributed by atoms with Crippen molar-refractivity contribution in [2.75, 3.05) is 5.73 Å². The number of fused-ring (bicyclic) bond motifs is 1. The van der Waals surface area contributed by atoms with Gasteiger partial charge in [0, 0.05) is 17.1 Å². The molecule has 0 fully saturated rings. The van der Waals surface area contributed by atoms with Gasteiger partial charge in [0.15, 0.2) is 0 Å². The van der Waals surface area contributed by atoms with E-state index < -0.39 is 5.97 Å². The van der Waals surface area contributed by atoms with E-state index in [0.717, 1.165) is 16.8 Å². The van der Waals surface area contributed by atoms with Crippen LogP contribution >= 0.6 is 0 Å². The summed E-state index contributed by atoms with van der Waals surface area (Å²) in [5.74, 6) is 0.0197. The average molecular weight is 213 g/mol. The van der Waals surface area contributed by atoms with Crippen LogP contribution in [0.1, 0.15) is 0 Å². The fraction of sp³-hybridized carbons (Fsp3) is 0. The van der Waals surface area contributed by atoms with Crippen molar-refractivity contribution in [1.82, 2.24) is 0 Å². The van der Waals surface area contributed by atoms with Gasteiger partial charge < -0.3 is 10.5 Å². The Morgan fingerprint density at radius 1 is 1.31 bits per heavy atom. The van der Waals surface area contributed by atoms with Crippen LogP contribution in [0.4, 0.5) is 5.69 Å². The smallest absolute Gasteiger partial charge is 0.335 e. The predicted octanol–water partition coefficient (Wildman–Crippen LogP) is 2.51. The molecule has 0 spiro atoms. The number of hydrogen-bond donors (Lipinski definition) is 1. The van der Waals surface area contributed by atoms with Crippen LogP contribution in [0.15, 0.2) is 49.1 Å². The second-order valence-electron chi connectivity index (χ2n) is 3.36. The Hall–Kier alpha value is -2.29. The van der Waals surface area contributed by atoms with Crippen molar-refractivity contribution in [3.05, 3.63) is 49.1 Å². The van der Waals surface area contributed by atoms with E-state index in [9.17, 15) is 4.79 Å². The Kier molecular flexibility index (Phi) is 2.60. The van der Waals surface area contributed by atoms with Crippen LogP contribution in [0.25, 0.3) is 10.8 Å². The van der Waals surface area contributed by atoms with Crippen molar-refractivity contribution >= 4 is 22.4 Å². The zero-order chi connectivity index (χ0) is 11.5. The van der Waals surface area contributed by atoms with Gasteiger partial charge in [0.25, 0.3) is 0 Å². The number of ether oxygens (including phenoxy) is 1. The maximum Gasteiger partial charge on any atom is 0.335 e. The highest BCUT2D eigenvalue weighted by Crippen LogP contribution is 2.25. The molecule has 2 aromatic rings. The largest absolute Gasteiger partial charge is 0.423 e. The Morgan fingerprint density at radius 3 is 2.88 bits per heavy atom. The molecule has 0 unspecified atom stereocenters. The quantitative estimate of drug-likeness (QED) is 0.361. The first-order chi connectivity index (χ1) is 7.70. The van der Waals surface area contributed by atoms with Crippen molar-refractivity contribution in [3.8, 4) is 5.75 Å². The van der Waals surface area contributed by atoms with Gasteiger partial charge in [-0.25, -0.2) is 4.79 Å². The van der Waals surface area contributed by atoms with Crippen molar-refractivity contribution < 1.29 is 9.53 Å². The van der Waals surface area contributed by atoms with Crippen molar-refractivity contribution in [1.29, 1.82) is 0 Å². The zero-order valence-corrected chi connectivity index (χ0v) is 8.64. The first-order valence-corrected chi connectivity index (χ1v) is 4.83. The van der Waals surface area contributed by atoms with Gasteiger partial charge in [0.1, 0.15) is 5.75 Å². The molecule has 0 saturated heterocycles. The van der Waals surface area contributed by atoms with Crippen LogP contribution in [0, 0.1) is 0 Å². The number of carbonyl (C=O) groups excluding carboxylic acids is 1. The lowest BCUT2D eigenvalue weighted by molar-refractivity contribution is -0.128. The van der Waals surface area contributed by atoms with E-state index in [1.165, 1.54) is 0 Å². The van der Waals surface area contributed by atoms with Crippen LogP contribution in [0.3, 0.4) is 0 Å². The molecule has 0 heterocycles. The summed E-state index contributed by atoms with van der Waals surface area (Å²) in [4.78, 5) is 11.0. The summed E-state index contributed by atoms with van der Waals surface area (Å²) in [5.41, 5.74) is 6.52. The summed E-state index contributed by atoms with van der Waals surface area (Å²) >= 11 is 0. The fourth-order valence-corrected chi connectivity index (χ4v) is 1.51. The second-order valence-corrected chi connectivity index (χ2v) is 3.36. The molecule has 80 valence electrons. The Bertz CT molecular complexity index is 561. The molecule has 0 radical (unpaired) electrons. The molecule has 16 heavy (non-hydrogen) atoms. The summed E-state index contributed by atoms with van der Waals surface area (Å²) in [7, 11) is 0. The minimum Gasteiger partial charge on any atom is -0.423 e. The van der Waals surface area contributed by atoms with Gasteiger partial charge in [-0.15, -0.1) is 0 Å². The third kappa shape index (κ3) is 1.88. The Morgan fingerprint density at radius 2 is 2.12 bits per heavy atom. The summed E-state index contributed by atoms with van der Waals surface area (Å²) in [5, 5.41) is 1.88. The number of hydrogen-bond acceptors (Lipinski definition) is 3. The topological polar surface area (TPSA) is 52.3 Å². The first kappa shape index (κ1) is 10.2. The van der Waals surface area contributed by atoms with Crippen LogP contribution in [0.2, 0.25) is 0 Å². The third-order valence-electron chi connectivity index (χ3n) is 2.27. The average Bonchev–Trinajstić information content (AvgIpc) is 2.29. The van der Waals surface area contributed by atoms with Gasteiger partial charge >= 0.3 is 5.97 Å². The van der Waals surface area contributed by atoms with Gasteiger partial charge in [0.2, 0.25) is 0 Å². The van der Waals surface area contributed by atoms with E-state index in [0.29, 0.717) is 11.4 Å². The molecule has 3 nitrogen and oxygen atoms in total. The molecular weight excluding hydrogens is 202 g/mol. The highest BCUT2D eigenvalue weighted by atomic mass is 16.5. The van der Waals surface area contributed by atoms with E-state index in [1.807, 2.05) is 24.3 Å². The fourth-order valence-electron chi connectivity index (χ4n) is 1.51. The standard InChI is InChI=1S/C13H11NO2/c1-2-13(15)16-10-6-7-11-9(8-10)4-3-5-12(11)14/h2-8H,1,14H2. The lowest BCUT2D eigenvalue weighted by Gasteiger charge is -2.05. The number of carbonyl (C=O) groups is 1. The van der Waals surface area contributed by atoms with E-state index in [-0.39, 0.29) is 0 Å². The molecule has 0 saturated carbocycles. The summed E-state index contributed by atoms with van der Waals surface area (Å²) in [6, 6.07) is 10.9.